The number of carbonyl (C=O) groups excluding carboxylic acids is 1. The molecule has 0 spiro atoms. The molecule has 0 aliphatic carbocycles. The Balaban J connectivity index is 1.52. The maximum atomic E-state index is 12.4. The Morgan fingerprint density at radius 3 is 3.04 bits per heavy atom. The van der Waals surface area contributed by atoms with E-state index in [9.17, 15) is 4.79 Å². The van der Waals surface area contributed by atoms with Gasteiger partial charge in [-0.25, -0.2) is 0 Å². The summed E-state index contributed by atoms with van der Waals surface area (Å²) in [5.74, 6) is 1.14. The van der Waals surface area contributed by atoms with Gasteiger partial charge in [-0.05, 0) is 56.4 Å². The zero-order chi connectivity index (χ0) is 16.8. The van der Waals surface area contributed by atoms with Gasteiger partial charge in [0.15, 0.2) is 6.61 Å². The first-order chi connectivity index (χ1) is 11.7. The molecule has 5 nitrogen and oxygen atoms in total. The van der Waals surface area contributed by atoms with Crippen LogP contribution >= 0.6 is 0 Å². The zero-order valence-electron chi connectivity index (χ0n) is 14.0. The third kappa shape index (κ3) is 4.54. The van der Waals surface area contributed by atoms with Gasteiger partial charge in [0.1, 0.15) is 5.75 Å². The molecule has 126 valence electrons. The second kappa shape index (κ2) is 7.90. The lowest BCUT2D eigenvalue weighted by Gasteiger charge is -2.32. The molecule has 1 aliphatic heterocycles. The lowest BCUT2D eigenvalue weighted by molar-refractivity contribution is -0.135. The van der Waals surface area contributed by atoms with Crippen LogP contribution in [-0.4, -0.2) is 40.5 Å². The molecular formula is C19H23N3O2. The van der Waals surface area contributed by atoms with E-state index in [2.05, 4.69) is 16.0 Å². The molecule has 1 aliphatic rings. The van der Waals surface area contributed by atoms with Crippen LogP contribution in [0.25, 0.3) is 0 Å². The van der Waals surface area contributed by atoms with Crippen LogP contribution < -0.4 is 4.74 Å². The van der Waals surface area contributed by atoms with E-state index in [0.717, 1.165) is 43.7 Å². The van der Waals surface area contributed by atoms with Crippen molar-refractivity contribution >= 4 is 5.91 Å². The van der Waals surface area contributed by atoms with Crippen molar-refractivity contribution in [3.63, 3.8) is 0 Å². The summed E-state index contributed by atoms with van der Waals surface area (Å²) in [5.41, 5.74) is 2.15. The number of aromatic nitrogens is 2. The van der Waals surface area contributed by atoms with Gasteiger partial charge < -0.3 is 9.64 Å². The van der Waals surface area contributed by atoms with Gasteiger partial charge in [-0.1, -0.05) is 6.07 Å². The smallest absolute Gasteiger partial charge is 0.260 e. The SMILES string of the molecule is Cc1cccc(CC2CCCN(C(=O)COc3cccnc3)C2)n1. The van der Waals surface area contributed by atoms with Crippen molar-refractivity contribution in [3.8, 4) is 5.75 Å². The summed E-state index contributed by atoms with van der Waals surface area (Å²) in [6.45, 7) is 3.68. The number of piperidine rings is 1. The number of rotatable bonds is 5. The second-order valence-corrected chi connectivity index (χ2v) is 6.30. The van der Waals surface area contributed by atoms with Crippen LogP contribution in [0.1, 0.15) is 24.2 Å². The van der Waals surface area contributed by atoms with Crippen LogP contribution in [0, 0.1) is 12.8 Å². The van der Waals surface area contributed by atoms with Gasteiger partial charge in [0.25, 0.3) is 5.91 Å². The van der Waals surface area contributed by atoms with Crippen LogP contribution in [0.2, 0.25) is 0 Å². The Bertz CT molecular complexity index is 675. The number of likely N-dealkylation sites (tertiary alicyclic amines) is 1. The zero-order valence-corrected chi connectivity index (χ0v) is 14.0. The molecule has 2 aromatic heterocycles. The fourth-order valence-electron chi connectivity index (χ4n) is 3.14. The molecule has 1 amide bonds. The van der Waals surface area contributed by atoms with Crippen molar-refractivity contribution in [1.82, 2.24) is 14.9 Å². The largest absolute Gasteiger partial charge is 0.482 e. The second-order valence-electron chi connectivity index (χ2n) is 6.30. The summed E-state index contributed by atoms with van der Waals surface area (Å²) < 4.78 is 5.52. The van der Waals surface area contributed by atoms with Gasteiger partial charge in [0, 0.05) is 30.7 Å². The van der Waals surface area contributed by atoms with Crippen LogP contribution in [0.15, 0.2) is 42.7 Å². The van der Waals surface area contributed by atoms with Gasteiger partial charge in [-0.15, -0.1) is 0 Å². The highest BCUT2D eigenvalue weighted by Crippen LogP contribution is 2.20. The number of pyridine rings is 2. The molecule has 3 heterocycles. The predicted molar refractivity (Wildman–Crippen MR) is 91.7 cm³/mol. The van der Waals surface area contributed by atoms with Crippen molar-refractivity contribution in [1.29, 1.82) is 0 Å². The van der Waals surface area contributed by atoms with Crippen molar-refractivity contribution < 1.29 is 9.53 Å². The Labute approximate surface area is 142 Å². The highest BCUT2D eigenvalue weighted by molar-refractivity contribution is 5.77. The third-order valence-electron chi connectivity index (χ3n) is 4.31. The topological polar surface area (TPSA) is 55.3 Å². The molecule has 0 bridgehead atoms. The van der Waals surface area contributed by atoms with Crippen molar-refractivity contribution in [2.24, 2.45) is 5.92 Å². The lowest BCUT2D eigenvalue weighted by atomic mass is 9.93. The Morgan fingerprint density at radius 2 is 2.25 bits per heavy atom. The average Bonchev–Trinajstić information content (AvgIpc) is 2.61. The predicted octanol–water partition coefficient (Wildman–Crippen LogP) is 2.65. The van der Waals surface area contributed by atoms with Crippen molar-refractivity contribution in [3.05, 3.63) is 54.1 Å². The van der Waals surface area contributed by atoms with Gasteiger partial charge in [-0.2, -0.15) is 0 Å². The molecule has 1 fully saturated rings. The summed E-state index contributed by atoms with van der Waals surface area (Å²) in [6.07, 6.45) is 6.41. The van der Waals surface area contributed by atoms with Crippen molar-refractivity contribution in [2.75, 3.05) is 19.7 Å². The molecule has 3 rings (SSSR count). The standard InChI is InChI=1S/C19H23N3O2/c1-15-5-2-7-17(21-15)11-16-6-4-10-22(13-16)19(23)14-24-18-8-3-9-20-12-18/h2-3,5,7-9,12,16H,4,6,10-11,13-14H2,1H3. The number of ether oxygens (including phenoxy) is 1. The molecular weight excluding hydrogens is 302 g/mol. The number of aryl methyl sites for hydroxylation is 1. The number of amides is 1. The lowest BCUT2D eigenvalue weighted by Crippen LogP contribution is -2.42. The highest BCUT2D eigenvalue weighted by Gasteiger charge is 2.24. The quantitative estimate of drug-likeness (QED) is 0.848. The van der Waals surface area contributed by atoms with E-state index in [1.807, 2.05) is 30.0 Å². The minimum Gasteiger partial charge on any atom is -0.482 e. The Kier molecular flexibility index (Phi) is 5.41. The minimum atomic E-state index is 0.0424. The van der Waals surface area contributed by atoms with Crippen molar-refractivity contribution in [2.45, 2.75) is 26.2 Å². The summed E-state index contributed by atoms with van der Waals surface area (Å²) in [4.78, 5) is 22.9. The summed E-state index contributed by atoms with van der Waals surface area (Å²) in [6, 6.07) is 9.73. The molecule has 5 heteroatoms. The molecule has 1 atom stereocenters. The van der Waals surface area contributed by atoms with Gasteiger partial charge in [0.05, 0.1) is 6.20 Å². The van der Waals surface area contributed by atoms with E-state index in [1.165, 1.54) is 0 Å². The maximum absolute atomic E-state index is 12.4. The minimum absolute atomic E-state index is 0.0424. The van der Waals surface area contributed by atoms with E-state index in [-0.39, 0.29) is 12.5 Å². The molecule has 0 aromatic carbocycles. The number of nitrogens with zero attached hydrogens (tertiary/aromatic N) is 3. The fourth-order valence-corrected chi connectivity index (χ4v) is 3.14. The van der Waals surface area contributed by atoms with E-state index >= 15 is 0 Å². The normalized spacial score (nSPS) is 17.5. The Morgan fingerprint density at radius 1 is 1.33 bits per heavy atom. The summed E-state index contributed by atoms with van der Waals surface area (Å²) in [7, 11) is 0. The monoisotopic (exact) mass is 325 g/mol. The summed E-state index contributed by atoms with van der Waals surface area (Å²) >= 11 is 0. The summed E-state index contributed by atoms with van der Waals surface area (Å²) in [5, 5.41) is 0. The van der Waals surface area contributed by atoms with E-state index < -0.39 is 0 Å². The fraction of sp³-hybridized carbons (Fsp3) is 0.421. The van der Waals surface area contributed by atoms with E-state index in [0.29, 0.717) is 11.7 Å². The van der Waals surface area contributed by atoms with Gasteiger partial charge >= 0.3 is 0 Å². The molecule has 1 unspecified atom stereocenters. The molecule has 0 saturated carbocycles. The van der Waals surface area contributed by atoms with E-state index in [4.69, 9.17) is 4.74 Å². The first kappa shape index (κ1) is 16.4. The first-order valence-electron chi connectivity index (χ1n) is 8.44. The van der Waals surface area contributed by atoms with Crippen LogP contribution in [0.5, 0.6) is 5.75 Å². The molecule has 1 saturated heterocycles. The van der Waals surface area contributed by atoms with Crippen LogP contribution in [-0.2, 0) is 11.2 Å². The van der Waals surface area contributed by atoms with Gasteiger partial charge in [0.2, 0.25) is 0 Å². The number of hydrogen-bond donors (Lipinski definition) is 0. The van der Waals surface area contributed by atoms with E-state index in [1.54, 1.807) is 18.5 Å². The third-order valence-corrected chi connectivity index (χ3v) is 4.31. The van der Waals surface area contributed by atoms with Gasteiger partial charge in [-0.3, -0.25) is 14.8 Å². The number of hydrogen-bond acceptors (Lipinski definition) is 4. The Hall–Kier alpha value is -2.43. The first-order valence-corrected chi connectivity index (χ1v) is 8.44. The van der Waals surface area contributed by atoms with Crippen LogP contribution in [0.3, 0.4) is 0 Å². The maximum Gasteiger partial charge on any atom is 0.260 e. The average molecular weight is 325 g/mol. The van der Waals surface area contributed by atoms with Crippen LogP contribution in [0.4, 0.5) is 0 Å². The molecule has 24 heavy (non-hydrogen) atoms. The molecule has 0 radical (unpaired) electrons. The molecule has 2 aromatic rings. The number of carbonyl (C=O) groups is 1. The highest BCUT2D eigenvalue weighted by atomic mass is 16.5. The molecule has 0 N–H and O–H groups in total.